The zero-order valence-electron chi connectivity index (χ0n) is 9.02. The molecule has 4 nitrogen and oxygen atoms in total. The zero-order chi connectivity index (χ0) is 12.3. The molecule has 0 amide bonds. The van der Waals surface area contributed by atoms with Crippen molar-refractivity contribution < 1.29 is 4.74 Å². The summed E-state index contributed by atoms with van der Waals surface area (Å²) in [5, 5.41) is 0.124. The Balaban J connectivity index is 2.44. The van der Waals surface area contributed by atoms with Crippen molar-refractivity contribution in [3.63, 3.8) is 0 Å². The van der Waals surface area contributed by atoms with Gasteiger partial charge in [-0.15, -0.1) is 0 Å². The quantitative estimate of drug-likeness (QED) is 0.871. The van der Waals surface area contributed by atoms with Crippen LogP contribution in [0.4, 0.5) is 0 Å². The summed E-state index contributed by atoms with van der Waals surface area (Å²) in [5.41, 5.74) is 0.852. The van der Waals surface area contributed by atoms with Crippen molar-refractivity contribution in [1.82, 2.24) is 15.0 Å². The fourth-order valence-corrected chi connectivity index (χ4v) is 1.83. The SMILES string of the molecule is CCOc1nc(Cl)nc(-c2cccc(Br)c2)n1. The van der Waals surface area contributed by atoms with Crippen molar-refractivity contribution in [2.75, 3.05) is 6.61 Å². The van der Waals surface area contributed by atoms with Gasteiger partial charge >= 0.3 is 6.01 Å². The minimum absolute atomic E-state index is 0.124. The molecule has 1 aromatic heterocycles. The maximum absolute atomic E-state index is 5.82. The standard InChI is InChI=1S/C11H9BrClN3O/c1-2-17-11-15-9(14-10(13)16-11)7-4-3-5-8(12)6-7/h3-6H,2H2,1H3. The first-order chi connectivity index (χ1) is 8.19. The van der Waals surface area contributed by atoms with Crippen LogP contribution >= 0.6 is 27.5 Å². The predicted octanol–water partition coefficient (Wildman–Crippen LogP) is 3.35. The average molecular weight is 315 g/mol. The lowest BCUT2D eigenvalue weighted by molar-refractivity contribution is 0.312. The van der Waals surface area contributed by atoms with Gasteiger partial charge in [-0.25, -0.2) is 0 Å². The molecule has 0 unspecified atom stereocenters. The normalized spacial score (nSPS) is 10.3. The van der Waals surface area contributed by atoms with Crippen molar-refractivity contribution in [3.05, 3.63) is 34.0 Å². The van der Waals surface area contributed by atoms with Crippen molar-refractivity contribution in [2.45, 2.75) is 6.92 Å². The second-order valence-corrected chi connectivity index (χ2v) is 4.41. The number of hydrogen-bond donors (Lipinski definition) is 0. The zero-order valence-corrected chi connectivity index (χ0v) is 11.4. The molecule has 17 heavy (non-hydrogen) atoms. The van der Waals surface area contributed by atoms with Gasteiger partial charge in [0.1, 0.15) is 0 Å². The Bertz CT molecular complexity index is 536. The van der Waals surface area contributed by atoms with Crippen LogP contribution in [0.3, 0.4) is 0 Å². The van der Waals surface area contributed by atoms with Crippen LogP contribution in [0.15, 0.2) is 28.7 Å². The lowest BCUT2D eigenvalue weighted by atomic mass is 10.2. The van der Waals surface area contributed by atoms with Crippen molar-refractivity contribution in [3.8, 4) is 17.4 Å². The maximum Gasteiger partial charge on any atom is 0.321 e. The molecule has 0 spiro atoms. The Labute approximate surface area is 112 Å². The molecular weight excluding hydrogens is 305 g/mol. The van der Waals surface area contributed by atoms with E-state index >= 15 is 0 Å². The Hall–Kier alpha value is -1.20. The van der Waals surface area contributed by atoms with Crippen LogP contribution in [0.2, 0.25) is 5.28 Å². The fraction of sp³-hybridized carbons (Fsp3) is 0.182. The van der Waals surface area contributed by atoms with E-state index in [1.165, 1.54) is 0 Å². The summed E-state index contributed by atoms with van der Waals surface area (Å²) in [6, 6.07) is 7.86. The molecule has 6 heteroatoms. The van der Waals surface area contributed by atoms with Crippen LogP contribution in [0.1, 0.15) is 6.92 Å². The van der Waals surface area contributed by atoms with Crippen LogP contribution in [-0.2, 0) is 0 Å². The molecule has 0 saturated heterocycles. The first-order valence-electron chi connectivity index (χ1n) is 4.99. The molecule has 0 fully saturated rings. The van der Waals surface area contributed by atoms with Crippen LogP contribution < -0.4 is 4.74 Å². The van der Waals surface area contributed by atoms with Crippen LogP contribution in [0.25, 0.3) is 11.4 Å². The average Bonchev–Trinajstić information content (AvgIpc) is 2.28. The van der Waals surface area contributed by atoms with Gasteiger partial charge in [-0.05, 0) is 30.7 Å². The second kappa shape index (κ2) is 5.42. The molecule has 0 aliphatic heterocycles. The number of aromatic nitrogens is 3. The predicted molar refractivity (Wildman–Crippen MR) is 69.1 cm³/mol. The lowest BCUT2D eigenvalue weighted by Crippen LogP contribution is -2.01. The van der Waals surface area contributed by atoms with E-state index in [1.54, 1.807) is 0 Å². The monoisotopic (exact) mass is 313 g/mol. The molecular formula is C11H9BrClN3O. The van der Waals surface area contributed by atoms with Crippen molar-refractivity contribution in [2.24, 2.45) is 0 Å². The molecule has 0 saturated carbocycles. The first kappa shape index (κ1) is 12.3. The van der Waals surface area contributed by atoms with Gasteiger partial charge in [0.25, 0.3) is 0 Å². The van der Waals surface area contributed by atoms with Gasteiger partial charge in [0.05, 0.1) is 6.61 Å². The van der Waals surface area contributed by atoms with E-state index in [4.69, 9.17) is 16.3 Å². The molecule has 1 aromatic carbocycles. The summed E-state index contributed by atoms with van der Waals surface area (Å²) in [6.07, 6.45) is 0. The van der Waals surface area contributed by atoms with Gasteiger partial charge in [-0.3, -0.25) is 0 Å². The molecule has 0 atom stereocenters. The summed E-state index contributed by atoms with van der Waals surface area (Å²) in [7, 11) is 0. The fourth-order valence-electron chi connectivity index (χ4n) is 1.28. The number of ether oxygens (including phenoxy) is 1. The number of halogens is 2. The summed E-state index contributed by atoms with van der Waals surface area (Å²) < 4.78 is 6.17. The largest absolute Gasteiger partial charge is 0.464 e. The number of benzene rings is 1. The van der Waals surface area contributed by atoms with Gasteiger partial charge in [-0.1, -0.05) is 28.1 Å². The van der Waals surface area contributed by atoms with Gasteiger partial charge in [-0.2, -0.15) is 15.0 Å². The third kappa shape index (κ3) is 3.14. The van der Waals surface area contributed by atoms with Crippen molar-refractivity contribution in [1.29, 1.82) is 0 Å². The Morgan fingerprint density at radius 1 is 1.29 bits per heavy atom. The minimum Gasteiger partial charge on any atom is -0.464 e. The van der Waals surface area contributed by atoms with E-state index in [0.29, 0.717) is 12.4 Å². The van der Waals surface area contributed by atoms with Gasteiger partial charge in [0.2, 0.25) is 5.28 Å². The van der Waals surface area contributed by atoms with Crippen LogP contribution in [-0.4, -0.2) is 21.6 Å². The van der Waals surface area contributed by atoms with E-state index in [9.17, 15) is 0 Å². The molecule has 1 heterocycles. The molecule has 2 aromatic rings. The highest BCUT2D eigenvalue weighted by Gasteiger charge is 2.08. The Kier molecular flexibility index (Phi) is 3.91. The number of nitrogens with zero attached hydrogens (tertiary/aromatic N) is 3. The molecule has 0 aliphatic carbocycles. The van der Waals surface area contributed by atoms with Crippen LogP contribution in [0.5, 0.6) is 6.01 Å². The van der Waals surface area contributed by atoms with E-state index in [-0.39, 0.29) is 11.3 Å². The Morgan fingerprint density at radius 3 is 2.82 bits per heavy atom. The molecule has 0 bridgehead atoms. The number of hydrogen-bond acceptors (Lipinski definition) is 4. The van der Waals surface area contributed by atoms with Gasteiger partial charge in [0, 0.05) is 10.0 Å². The molecule has 88 valence electrons. The molecule has 0 N–H and O–H groups in total. The maximum atomic E-state index is 5.82. The highest BCUT2D eigenvalue weighted by molar-refractivity contribution is 9.10. The summed E-state index contributed by atoms with van der Waals surface area (Å²) in [4.78, 5) is 12.1. The van der Waals surface area contributed by atoms with Gasteiger partial charge < -0.3 is 4.74 Å². The van der Waals surface area contributed by atoms with Gasteiger partial charge in [0.15, 0.2) is 5.82 Å². The minimum atomic E-state index is 0.124. The third-order valence-corrected chi connectivity index (χ3v) is 2.61. The molecule has 2 rings (SSSR count). The number of rotatable bonds is 3. The smallest absolute Gasteiger partial charge is 0.321 e. The summed E-state index contributed by atoms with van der Waals surface area (Å²) in [5.74, 6) is 0.495. The summed E-state index contributed by atoms with van der Waals surface area (Å²) >= 11 is 9.21. The topological polar surface area (TPSA) is 47.9 Å². The lowest BCUT2D eigenvalue weighted by Gasteiger charge is -2.04. The van der Waals surface area contributed by atoms with Crippen molar-refractivity contribution >= 4 is 27.5 Å². The van der Waals surface area contributed by atoms with Crippen LogP contribution in [0, 0.1) is 0 Å². The van der Waals surface area contributed by atoms with E-state index in [0.717, 1.165) is 10.0 Å². The first-order valence-corrected chi connectivity index (χ1v) is 6.16. The van der Waals surface area contributed by atoms with E-state index < -0.39 is 0 Å². The Morgan fingerprint density at radius 2 is 2.12 bits per heavy atom. The van der Waals surface area contributed by atoms with E-state index in [1.807, 2.05) is 31.2 Å². The molecule has 0 aliphatic rings. The highest BCUT2D eigenvalue weighted by atomic mass is 79.9. The van der Waals surface area contributed by atoms with E-state index in [2.05, 4.69) is 30.9 Å². The highest BCUT2D eigenvalue weighted by Crippen LogP contribution is 2.22. The molecule has 0 radical (unpaired) electrons. The second-order valence-electron chi connectivity index (χ2n) is 3.15. The third-order valence-electron chi connectivity index (χ3n) is 1.94. The summed E-state index contributed by atoms with van der Waals surface area (Å²) in [6.45, 7) is 2.34.